The number of rotatable bonds is 7. The van der Waals surface area contributed by atoms with Crippen LogP contribution in [0.3, 0.4) is 0 Å². The minimum atomic E-state index is -4.67. The van der Waals surface area contributed by atoms with Crippen LogP contribution in [0.25, 0.3) is 10.9 Å². The predicted octanol–water partition coefficient (Wildman–Crippen LogP) is 6.68. The molecule has 0 radical (unpaired) electrons. The number of halogens is 4. The summed E-state index contributed by atoms with van der Waals surface area (Å²) in [5.41, 5.74) is 5.54. The summed E-state index contributed by atoms with van der Waals surface area (Å²) >= 11 is 5.61. The van der Waals surface area contributed by atoms with Crippen LogP contribution in [-0.2, 0) is 17.4 Å². The first-order valence-corrected chi connectivity index (χ1v) is 13.3. The third-order valence-electron chi connectivity index (χ3n) is 6.18. The maximum atomic E-state index is 13.1. The number of carbonyl (C=O) groups excluding carboxylic acids is 3. The zero-order valence-corrected chi connectivity index (χ0v) is 23.2. The van der Waals surface area contributed by atoms with E-state index in [0.29, 0.717) is 11.4 Å². The topological polar surface area (TPSA) is 137 Å². The van der Waals surface area contributed by atoms with Crippen LogP contribution >= 0.6 is 11.6 Å². The van der Waals surface area contributed by atoms with Crippen LogP contribution in [0.2, 0.25) is 5.02 Å². The lowest BCUT2D eigenvalue weighted by molar-refractivity contribution is -0.137. The van der Waals surface area contributed by atoms with E-state index in [1.54, 1.807) is 6.20 Å². The quantitative estimate of drug-likeness (QED) is 0.129. The smallest absolute Gasteiger partial charge is 0.417 e. The van der Waals surface area contributed by atoms with Crippen molar-refractivity contribution < 1.29 is 32.3 Å². The third-order valence-corrected chi connectivity index (χ3v) is 6.51. The normalized spacial score (nSPS) is 11.1. The number of urea groups is 1. The van der Waals surface area contributed by atoms with Crippen molar-refractivity contribution >= 4 is 51.7 Å². The molecule has 0 atom stereocenters. The van der Waals surface area contributed by atoms with E-state index in [1.807, 2.05) is 24.3 Å². The van der Waals surface area contributed by atoms with E-state index in [-0.39, 0.29) is 23.6 Å². The molecule has 5 aromatic rings. The third kappa shape index (κ3) is 7.44. The summed E-state index contributed by atoms with van der Waals surface area (Å²) in [6.45, 7) is 0. The van der Waals surface area contributed by atoms with Crippen LogP contribution in [0.5, 0.6) is 11.5 Å². The Balaban J connectivity index is 1.13. The molecule has 14 heteroatoms. The number of aromatic nitrogens is 2. The Morgan fingerprint density at radius 3 is 2.36 bits per heavy atom. The fourth-order valence-electron chi connectivity index (χ4n) is 4.14. The van der Waals surface area contributed by atoms with Gasteiger partial charge >= 0.3 is 12.2 Å². The van der Waals surface area contributed by atoms with Gasteiger partial charge < -0.3 is 20.4 Å². The number of hydrogen-bond acceptors (Lipinski definition) is 5. The number of H-pyrrole nitrogens is 1. The number of aromatic amines is 1. The molecular weight excluding hydrogens is 601 g/mol. The average Bonchev–Trinajstić information content (AvgIpc) is 3.40. The number of alkyl halides is 3. The number of hydrazine groups is 1. The van der Waals surface area contributed by atoms with Gasteiger partial charge in [-0.25, -0.2) is 4.79 Å². The van der Waals surface area contributed by atoms with Crippen molar-refractivity contribution in [3.05, 3.63) is 113 Å². The van der Waals surface area contributed by atoms with Crippen LogP contribution in [0.4, 0.5) is 29.3 Å². The monoisotopic (exact) mass is 622 g/mol. The summed E-state index contributed by atoms with van der Waals surface area (Å²) in [7, 11) is 0. The number of pyridine rings is 1. The maximum absolute atomic E-state index is 13.1. The van der Waals surface area contributed by atoms with E-state index in [1.165, 1.54) is 48.7 Å². The molecule has 0 bridgehead atoms. The zero-order valence-electron chi connectivity index (χ0n) is 22.5. The van der Waals surface area contributed by atoms with Crippen molar-refractivity contribution in [2.75, 3.05) is 10.6 Å². The largest absolute Gasteiger partial charge is 0.457 e. The number of anilines is 2. The minimum absolute atomic E-state index is 0.0132. The predicted molar refractivity (Wildman–Crippen MR) is 157 cm³/mol. The molecule has 2 aromatic heterocycles. The molecule has 44 heavy (non-hydrogen) atoms. The van der Waals surface area contributed by atoms with E-state index in [0.717, 1.165) is 28.6 Å². The first-order valence-electron chi connectivity index (χ1n) is 12.9. The first-order chi connectivity index (χ1) is 21.0. The van der Waals surface area contributed by atoms with Crippen LogP contribution < -0.4 is 26.2 Å². The number of nitrogens with one attached hydrogen (secondary N) is 5. The Labute approximate surface area is 252 Å². The second-order valence-electron chi connectivity index (χ2n) is 9.31. The van der Waals surface area contributed by atoms with Gasteiger partial charge in [-0.05, 0) is 60.2 Å². The minimum Gasteiger partial charge on any atom is -0.457 e. The molecule has 0 saturated heterocycles. The molecule has 0 aliphatic heterocycles. The van der Waals surface area contributed by atoms with E-state index in [4.69, 9.17) is 16.3 Å². The highest BCUT2D eigenvalue weighted by Crippen LogP contribution is 2.36. The zero-order chi connectivity index (χ0) is 31.3. The van der Waals surface area contributed by atoms with Gasteiger partial charge in [0.15, 0.2) is 0 Å². The average molecular weight is 623 g/mol. The second kappa shape index (κ2) is 12.8. The highest BCUT2D eigenvalue weighted by Gasteiger charge is 2.33. The number of fused-ring (bicyclic) bond motifs is 1. The number of hydrogen-bond donors (Lipinski definition) is 5. The Bertz CT molecular complexity index is 1840. The van der Waals surface area contributed by atoms with Crippen molar-refractivity contribution in [1.29, 1.82) is 0 Å². The molecule has 2 heterocycles. The van der Waals surface area contributed by atoms with Crippen molar-refractivity contribution in [3.63, 3.8) is 0 Å². The number of nitrogens with zero attached hydrogens (tertiary/aromatic N) is 1. The van der Waals surface area contributed by atoms with Gasteiger partial charge in [0, 0.05) is 40.7 Å². The molecule has 0 saturated carbocycles. The highest BCUT2D eigenvalue weighted by atomic mass is 35.5. The fourth-order valence-corrected chi connectivity index (χ4v) is 4.37. The lowest BCUT2D eigenvalue weighted by Gasteiger charge is -2.13. The molecule has 0 unspecified atom stereocenters. The van der Waals surface area contributed by atoms with Gasteiger partial charge in [-0.15, -0.1) is 0 Å². The Morgan fingerprint density at radius 1 is 0.864 bits per heavy atom. The van der Waals surface area contributed by atoms with Gasteiger partial charge in [0.25, 0.3) is 5.91 Å². The molecule has 4 amide bonds. The van der Waals surface area contributed by atoms with Gasteiger partial charge in [0.2, 0.25) is 5.91 Å². The van der Waals surface area contributed by atoms with Gasteiger partial charge in [0.1, 0.15) is 17.2 Å². The summed E-state index contributed by atoms with van der Waals surface area (Å²) < 4.78 is 45.0. The number of ether oxygens (including phenoxy) is 1. The Morgan fingerprint density at radius 2 is 1.59 bits per heavy atom. The van der Waals surface area contributed by atoms with Crippen molar-refractivity contribution in [3.8, 4) is 11.5 Å². The molecule has 5 rings (SSSR count). The van der Waals surface area contributed by atoms with Crippen molar-refractivity contribution in [1.82, 2.24) is 20.8 Å². The van der Waals surface area contributed by atoms with Crippen molar-refractivity contribution in [2.45, 2.75) is 12.6 Å². The number of para-hydroxylation sites is 1. The Hall–Kier alpha value is -5.56. The second-order valence-corrected chi connectivity index (χ2v) is 9.72. The molecule has 3 aromatic carbocycles. The number of benzene rings is 3. The molecule has 0 spiro atoms. The molecule has 224 valence electrons. The number of carbonyl (C=O) groups is 3. The van der Waals surface area contributed by atoms with E-state index >= 15 is 0 Å². The molecule has 0 aliphatic carbocycles. The van der Waals surface area contributed by atoms with Gasteiger partial charge in [-0.1, -0.05) is 29.8 Å². The van der Waals surface area contributed by atoms with E-state index in [9.17, 15) is 27.6 Å². The molecule has 0 aliphatic rings. The molecule has 10 nitrogen and oxygen atoms in total. The van der Waals surface area contributed by atoms with Crippen molar-refractivity contribution in [2.24, 2.45) is 0 Å². The molecule has 5 N–H and O–H groups in total. The summed E-state index contributed by atoms with van der Waals surface area (Å²) in [6.07, 6.45) is -1.52. The Kier molecular flexibility index (Phi) is 8.67. The lowest BCUT2D eigenvalue weighted by atomic mass is 10.1. The standard InChI is InChI=1S/C30H22ClF3N6O4/c31-24-10-7-19(14-23(24)30(32,33)34)38-29(43)37-18-5-8-20(9-6-18)44-21-11-12-35-26(15-21)28(42)40-39-27(41)13-17-16-36-25-4-2-1-3-22(17)25/h1-12,14-16,36H,13H2,(H,39,41)(H,40,42)(H2,37,38,43). The van der Waals surface area contributed by atoms with Crippen LogP contribution in [-0.4, -0.2) is 27.8 Å². The highest BCUT2D eigenvalue weighted by molar-refractivity contribution is 6.31. The first kappa shape index (κ1) is 29.9. The summed E-state index contributed by atoms with van der Waals surface area (Å²) in [5.74, 6) is -0.446. The van der Waals surface area contributed by atoms with Gasteiger partial charge in [-0.3, -0.25) is 25.4 Å². The molecular formula is C30H22ClF3N6O4. The van der Waals surface area contributed by atoms with Crippen LogP contribution in [0.1, 0.15) is 21.6 Å². The molecule has 0 fully saturated rings. The lowest BCUT2D eigenvalue weighted by Crippen LogP contribution is -2.42. The summed E-state index contributed by atoms with van der Waals surface area (Å²) in [5, 5.41) is 5.26. The van der Waals surface area contributed by atoms with Crippen LogP contribution in [0.15, 0.2) is 91.3 Å². The maximum Gasteiger partial charge on any atom is 0.417 e. The van der Waals surface area contributed by atoms with Gasteiger partial charge in [-0.2, -0.15) is 13.2 Å². The van der Waals surface area contributed by atoms with E-state index < -0.39 is 34.6 Å². The van der Waals surface area contributed by atoms with E-state index in [2.05, 4.69) is 31.5 Å². The van der Waals surface area contributed by atoms with Gasteiger partial charge in [0.05, 0.1) is 17.0 Å². The number of amides is 4. The SMILES string of the molecule is O=C(Cc1c[nH]c2ccccc12)NNC(=O)c1cc(Oc2ccc(NC(=O)Nc3ccc(Cl)c(C(F)(F)F)c3)cc2)ccn1. The van der Waals surface area contributed by atoms with Crippen LogP contribution in [0, 0.1) is 0 Å². The fraction of sp³-hybridized carbons (Fsp3) is 0.0667. The summed E-state index contributed by atoms with van der Waals surface area (Å²) in [6, 6.07) is 18.8. The summed E-state index contributed by atoms with van der Waals surface area (Å²) in [4.78, 5) is 44.3.